The Labute approximate surface area is 117 Å². The first kappa shape index (κ1) is 16.4. The van der Waals surface area contributed by atoms with Crippen molar-refractivity contribution < 1.29 is 18.3 Å². The SMILES string of the molecule is Cc1cccc(OCCC(=O)NCC(F)(F)CN)c1C. The summed E-state index contributed by atoms with van der Waals surface area (Å²) in [6, 6.07) is 5.63. The van der Waals surface area contributed by atoms with Gasteiger partial charge in [0.2, 0.25) is 5.91 Å². The van der Waals surface area contributed by atoms with Gasteiger partial charge in [0, 0.05) is 0 Å². The second-order valence-electron chi connectivity index (χ2n) is 4.63. The average molecular weight is 286 g/mol. The number of aryl methyl sites for hydroxylation is 1. The molecule has 0 aromatic heterocycles. The lowest BCUT2D eigenvalue weighted by Gasteiger charge is -2.15. The summed E-state index contributed by atoms with van der Waals surface area (Å²) in [6.45, 7) is 2.50. The van der Waals surface area contributed by atoms with E-state index in [0.29, 0.717) is 5.75 Å². The summed E-state index contributed by atoms with van der Waals surface area (Å²) in [4.78, 5) is 11.4. The minimum atomic E-state index is -3.07. The van der Waals surface area contributed by atoms with E-state index in [-0.39, 0.29) is 13.0 Å². The van der Waals surface area contributed by atoms with E-state index in [1.54, 1.807) is 0 Å². The van der Waals surface area contributed by atoms with Gasteiger partial charge in [0.15, 0.2) is 0 Å². The third kappa shape index (κ3) is 5.13. The molecule has 1 aromatic carbocycles. The zero-order valence-corrected chi connectivity index (χ0v) is 11.7. The number of ether oxygens (including phenoxy) is 1. The molecule has 0 fully saturated rings. The molecule has 0 aliphatic heterocycles. The van der Waals surface area contributed by atoms with E-state index in [1.165, 1.54) is 0 Å². The van der Waals surface area contributed by atoms with Crippen molar-refractivity contribution in [2.75, 3.05) is 19.7 Å². The molecule has 0 aliphatic rings. The minimum absolute atomic E-state index is 0.0219. The molecule has 0 bridgehead atoms. The quantitative estimate of drug-likeness (QED) is 0.803. The Morgan fingerprint density at radius 2 is 2.10 bits per heavy atom. The van der Waals surface area contributed by atoms with E-state index < -0.39 is 24.9 Å². The molecule has 0 heterocycles. The number of amides is 1. The highest BCUT2D eigenvalue weighted by Crippen LogP contribution is 2.20. The van der Waals surface area contributed by atoms with Gasteiger partial charge in [-0.15, -0.1) is 0 Å². The molecule has 1 aromatic rings. The van der Waals surface area contributed by atoms with Crippen LogP contribution in [0.3, 0.4) is 0 Å². The molecule has 3 N–H and O–H groups in total. The highest BCUT2D eigenvalue weighted by atomic mass is 19.3. The molecular formula is C14H20F2N2O2. The maximum absolute atomic E-state index is 12.8. The molecule has 0 spiro atoms. The fourth-order valence-electron chi connectivity index (χ4n) is 1.52. The summed E-state index contributed by atoms with van der Waals surface area (Å²) >= 11 is 0. The Morgan fingerprint density at radius 1 is 1.40 bits per heavy atom. The maximum Gasteiger partial charge on any atom is 0.277 e. The number of carbonyl (C=O) groups excluding carboxylic acids is 1. The van der Waals surface area contributed by atoms with Crippen LogP contribution in [0, 0.1) is 13.8 Å². The standard InChI is InChI=1S/C14H20F2N2O2/c1-10-4-3-5-12(11(10)2)20-7-6-13(19)18-9-14(15,16)8-17/h3-5H,6-9,17H2,1-2H3,(H,18,19). The predicted molar refractivity (Wildman–Crippen MR) is 73.0 cm³/mol. The summed E-state index contributed by atoms with van der Waals surface area (Å²) in [6.07, 6.45) is 0.0219. The third-order valence-electron chi connectivity index (χ3n) is 2.98. The molecular weight excluding hydrogens is 266 g/mol. The summed E-state index contributed by atoms with van der Waals surface area (Å²) in [5, 5.41) is 2.14. The zero-order valence-electron chi connectivity index (χ0n) is 11.7. The van der Waals surface area contributed by atoms with Gasteiger partial charge >= 0.3 is 0 Å². The number of hydrogen-bond acceptors (Lipinski definition) is 3. The number of carbonyl (C=O) groups is 1. The molecule has 20 heavy (non-hydrogen) atoms. The number of nitrogens with one attached hydrogen (secondary N) is 1. The van der Waals surface area contributed by atoms with Gasteiger partial charge in [0.25, 0.3) is 5.92 Å². The third-order valence-corrected chi connectivity index (χ3v) is 2.98. The minimum Gasteiger partial charge on any atom is -0.493 e. The van der Waals surface area contributed by atoms with Crippen molar-refractivity contribution in [1.29, 1.82) is 0 Å². The van der Waals surface area contributed by atoms with E-state index in [1.807, 2.05) is 32.0 Å². The van der Waals surface area contributed by atoms with Crippen molar-refractivity contribution in [1.82, 2.24) is 5.32 Å². The largest absolute Gasteiger partial charge is 0.493 e. The monoisotopic (exact) mass is 286 g/mol. The van der Waals surface area contributed by atoms with Crippen molar-refractivity contribution in [3.8, 4) is 5.75 Å². The van der Waals surface area contributed by atoms with Crippen LogP contribution >= 0.6 is 0 Å². The van der Waals surface area contributed by atoms with Crippen LogP contribution in [0.15, 0.2) is 18.2 Å². The second-order valence-corrected chi connectivity index (χ2v) is 4.63. The van der Waals surface area contributed by atoms with E-state index in [0.717, 1.165) is 11.1 Å². The number of nitrogens with two attached hydrogens (primary N) is 1. The molecule has 4 nitrogen and oxygen atoms in total. The van der Waals surface area contributed by atoms with Gasteiger partial charge in [0.1, 0.15) is 5.75 Å². The topological polar surface area (TPSA) is 64.3 Å². The normalized spacial score (nSPS) is 11.2. The zero-order chi connectivity index (χ0) is 15.2. The molecule has 0 radical (unpaired) electrons. The van der Waals surface area contributed by atoms with E-state index in [2.05, 4.69) is 5.32 Å². The van der Waals surface area contributed by atoms with Crippen molar-refractivity contribution in [2.24, 2.45) is 5.73 Å². The van der Waals surface area contributed by atoms with Crippen LogP contribution in [0.2, 0.25) is 0 Å². The number of alkyl halides is 2. The first-order valence-corrected chi connectivity index (χ1v) is 6.39. The van der Waals surface area contributed by atoms with Crippen LogP contribution in [0.25, 0.3) is 0 Å². The number of rotatable bonds is 7. The molecule has 0 saturated heterocycles. The first-order valence-electron chi connectivity index (χ1n) is 6.39. The smallest absolute Gasteiger partial charge is 0.277 e. The average Bonchev–Trinajstić information content (AvgIpc) is 2.41. The maximum atomic E-state index is 12.8. The fraction of sp³-hybridized carbons (Fsp3) is 0.500. The highest BCUT2D eigenvalue weighted by molar-refractivity contribution is 5.76. The number of hydrogen-bond donors (Lipinski definition) is 2. The van der Waals surface area contributed by atoms with Crippen molar-refractivity contribution in [2.45, 2.75) is 26.2 Å². The highest BCUT2D eigenvalue weighted by Gasteiger charge is 2.26. The summed E-state index contributed by atoms with van der Waals surface area (Å²) in [5.41, 5.74) is 6.97. The Balaban J connectivity index is 2.34. The molecule has 0 saturated carbocycles. The van der Waals surface area contributed by atoms with Gasteiger partial charge in [-0.05, 0) is 31.0 Å². The van der Waals surface area contributed by atoms with Gasteiger partial charge in [-0.1, -0.05) is 12.1 Å². The Hall–Kier alpha value is -1.69. The van der Waals surface area contributed by atoms with Crippen molar-refractivity contribution >= 4 is 5.91 Å². The molecule has 0 aliphatic carbocycles. The van der Waals surface area contributed by atoms with Crippen molar-refractivity contribution in [3.05, 3.63) is 29.3 Å². The number of halogens is 2. The lowest BCUT2D eigenvalue weighted by Crippen LogP contribution is -2.41. The van der Waals surface area contributed by atoms with Crippen LogP contribution in [0.5, 0.6) is 5.75 Å². The van der Waals surface area contributed by atoms with Gasteiger partial charge in [-0.2, -0.15) is 0 Å². The van der Waals surface area contributed by atoms with Gasteiger partial charge in [-0.3, -0.25) is 4.79 Å². The van der Waals surface area contributed by atoms with E-state index in [4.69, 9.17) is 10.5 Å². The molecule has 1 rings (SSSR count). The summed E-state index contributed by atoms with van der Waals surface area (Å²) < 4.78 is 31.1. The molecule has 0 atom stereocenters. The van der Waals surface area contributed by atoms with Crippen LogP contribution in [0.1, 0.15) is 17.5 Å². The van der Waals surface area contributed by atoms with Gasteiger partial charge < -0.3 is 15.8 Å². The lowest BCUT2D eigenvalue weighted by molar-refractivity contribution is -0.123. The van der Waals surface area contributed by atoms with Gasteiger partial charge in [0.05, 0.1) is 26.1 Å². The van der Waals surface area contributed by atoms with E-state index >= 15 is 0 Å². The molecule has 0 unspecified atom stereocenters. The molecule has 112 valence electrons. The fourth-order valence-corrected chi connectivity index (χ4v) is 1.52. The first-order chi connectivity index (χ1) is 9.35. The van der Waals surface area contributed by atoms with Crippen LogP contribution < -0.4 is 15.8 Å². The summed E-state index contributed by atoms with van der Waals surface area (Å²) in [5.74, 6) is -2.85. The Morgan fingerprint density at radius 3 is 2.75 bits per heavy atom. The van der Waals surface area contributed by atoms with Crippen LogP contribution in [-0.4, -0.2) is 31.5 Å². The molecule has 1 amide bonds. The molecule has 6 heteroatoms. The Kier molecular flexibility index (Phi) is 5.88. The van der Waals surface area contributed by atoms with E-state index in [9.17, 15) is 13.6 Å². The lowest BCUT2D eigenvalue weighted by atomic mass is 10.1. The Bertz CT molecular complexity index is 464. The second kappa shape index (κ2) is 7.19. The number of benzene rings is 1. The van der Waals surface area contributed by atoms with Crippen LogP contribution in [-0.2, 0) is 4.79 Å². The van der Waals surface area contributed by atoms with Gasteiger partial charge in [-0.25, -0.2) is 8.78 Å². The summed E-state index contributed by atoms with van der Waals surface area (Å²) in [7, 11) is 0. The predicted octanol–water partition coefficient (Wildman–Crippen LogP) is 1.78. The van der Waals surface area contributed by atoms with Crippen LogP contribution in [0.4, 0.5) is 8.78 Å². The van der Waals surface area contributed by atoms with Crippen molar-refractivity contribution in [3.63, 3.8) is 0 Å².